The molecule has 1 saturated heterocycles. The number of morpholine rings is 1. The lowest BCUT2D eigenvalue weighted by Gasteiger charge is -2.23. The van der Waals surface area contributed by atoms with Crippen LogP contribution in [-0.2, 0) is 11.3 Å². The maximum absolute atomic E-state index is 5.63. The molecule has 1 aliphatic rings. The van der Waals surface area contributed by atoms with E-state index < -0.39 is 0 Å². The van der Waals surface area contributed by atoms with Gasteiger partial charge in [0, 0.05) is 12.0 Å². The van der Waals surface area contributed by atoms with Crippen LogP contribution in [0.4, 0.5) is 0 Å². The van der Waals surface area contributed by atoms with E-state index >= 15 is 0 Å². The van der Waals surface area contributed by atoms with Crippen molar-refractivity contribution < 1.29 is 24.4 Å². The fourth-order valence-electron chi connectivity index (χ4n) is 2.85. The molecule has 0 saturated carbocycles. The molecule has 1 aromatic rings. The van der Waals surface area contributed by atoms with Crippen LogP contribution in [0.1, 0.15) is 18.9 Å². The van der Waals surface area contributed by atoms with Crippen LogP contribution in [0.15, 0.2) is 16.6 Å². The Morgan fingerprint density at radius 1 is 1.30 bits per heavy atom. The molecule has 1 fully saturated rings. The lowest BCUT2D eigenvalue weighted by molar-refractivity contribution is -0.909. The van der Waals surface area contributed by atoms with Gasteiger partial charge in [-0.25, -0.2) is 0 Å². The van der Waals surface area contributed by atoms with Crippen molar-refractivity contribution >= 4 is 15.9 Å². The Morgan fingerprint density at radius 3 is 2.78 bits per heavy atom. The van der Waals surface area contributed by atoms with Gasteiger partial charge in [0.1, 0.15) is 19.6 Å². The van der Waals surface area contributed by atoms with E-state index in [1.54, 1.807) is 12.0 Å². The monoisotopic (exact) mass is 388 g/mol. The summed E-state index contributed by atoms with van der Waals surface area (Å²) in [6.07, 6.45) is 1.24. The molecule has 3 N–H and O–H groups in total. The first-order chi connectivity index (χ1) is 11.2. The zero-order valence-electron chi connectivity index (χ0n) is 14.2. The van der Waals surface area contributed by atoms with Crippen LogP contribution in [0.25, 0.3) is 0 Å². The third-order valence-electron chi connectivity index (χ3n) is 4.10. The summed E-state index contributed by atoms with van der Waals surface area (Å²) in [5.41, 5.74) is 1.25. The van der Waals surface area contributed by atoms with Crippen LogP contribution in [-0.4, -0.2) is 53.1 Å². The van der Waals surface area contributed by atoms with Crippen molar-refractivity contribution in [2.45, 2.75) is 19.9 Å². The SMILES string of the molecule is CCOc1c(Br)cc(C[NH2+]CCC[NH+]2CCOCC2)cc1OC. The van der Waals surface area contributed by atoms with Gasteiger partial charge in [0.15, 0.2) is 11.5 Å². The summed E-state index contributed by atoms with van der Waals surface area (Å²) < 4.78 is 17.4. The number of benzene rings is 1. The summed E-state index contributed by atoms with van der Waals surface area (Å²) in [5, 5.41) is 2.36. The number of rotatable bonds is 9. The van der Waals surface area contributed by atoms with E-state index in [0.717, 1.165) is 55.4 Å². The largest absolute Gasteiger partial charge is 0.493 e. The van der Waals surface area contributed by atoms with Gasteiger partial charge >= 0.3 is 0 Å². The van der Waals surface area contributed by atoms with Crippen LogP contribution in [0.2, 0.25) is 0 Å². The molecule has 2 rings (SSSR count). The minimum Gasteiger partial charge on any atom is -0.493 e. The summed E-state index contributed by atoms with van der Waals surface area (Å²) in [6, 6.07) is 4.19. The van der Waals surface area contributed by atoms with Gasteiger partial charge in [-0.2, -0.15) is 0 Å². The van der Waals surface area contributed by atoms with Gasteiger partial charge in [-0.05, 0) is 35.0 Å². The van der Waals surface area contributed by atoms with E-state index in [2.05, 4.69) is 33.4 Å². The van der Waals surface area contributed by atoms with Crippen molar-refractivity contribution in [3.63, 3.8) is 0 Å². The third kappa shape index (κ3) is 5.95. The van der Waals surface area contributed by atoms with Crippen molar-refractivity contribution in [2.75, 3.05) is 53.1 Å². The first kappa shape index (κ1) is 18.5. The van der Waals surface area contributed by atoms with E-state index in [-0.39, 0.29) is 0 Å². The molecule has 0 aliphatic carbocycles. The highest BCUT2D eigenvalue weighted by molar-refractivity contribution is 9.10. The highest BCUT2D eigenvalue weighted by Crippen LogP contribution is 2.36. The fourth-order valence-corrected chi connectivity index (χ4v) is 3.45. The molecule has 0 amide bonds. The zero-order valence-corrected chi connectivity index (χ0v) is 15.8. The Bertz CT molecular complexity index is 479. The van der Waals surface area contributed by atoms with Gasteiger partial charge in [-0.15, -0.1) is 0 Å². The van der Waals surface area contributed by atoms with E-state index in [1.807, 2.05) is 6.92 Å². The number of halogens is 1. The fraction of sp³-hybridized carbons (Fsp3) is 0.647. The van der Waals surface area contributed by atoms with E-state index in [0.29, 0.717) is 6.61 Å². The van der Waals surface area contributed by atoms with E-state index in [9.17, 15) is 0 Å². The van der Waals surface area contributed by atoms with E-state index in [4.69, 9.17) is 14.2 Å². The predicted octanol–water partition coefficient (Wildman–Crippen LogP) is 0.225. The molecule has 6 heteroatoms. The van der Waals surface area contributed by atoms with Gasteiger partial charge in [0.05, 0.1) is 44.5 Å². The average molecular weight is 389 g/mol. The molecule has 23 heavy (non-hydrogen) atoms. The molecule has 1 aliphatic heterocycles. The lowest BCUT2D eigenvalue weighted by atomic mass is 10.2. The highest BCUT2D eigenvalue weighted by Gasteiger charge is 2.14. The van der Waals surface area contributed by atoms with Crippen LogP contribution < -0.4 is 19.7 Å². The quantitative estimate of drug-likeness (QED) is 0.595. The summed E-state index contributed by atoms with van der Waals surface area (Å²) in [6.45, 7) is 10.1. The number of quaternary nitrogens is 2. The van der Waals surface area contributed by atoms with Crippen LogP contribution >= 0.6 is 15.9 Å². The van der Waals surface area contributed by atoms with Crippen molar-refractivity contribution in [2.24, 2.45) is 0 Å². The topological polar surface area (TPSA) is 48.7 Å². The maximum Gasteiger partial charge on any atom is 0.175 e. The van der Waals surface area contributed by atoms with Gasteiger partial charge in [0.2, 0.25) is 0 Å². The molecule has 0 spiro atoms. The second kappa shape index (κ2) is 10.1. The minimum absolute atomic E-state index is 0.629. The smallest absolute Gasteiger partial charge is 0.175 e. The molecule has 130 valence electrons. The molecule has 0 bridgehead atoms. The Kier molecular flexibility index (Phi) is 8.16. The normalized spacial score (nSPS) is 15.6. The summed E-state index contributed by atoms with van der Waals surface area (Å²) in [5.74, 6) is 1.58. The van der Waals surface area contributed by atoms with Crippen molar-refractivity contribution in [3.05, 3.63) is 22.2 Å². The van der Waals surface area contributed by atoms with Crippen molar-refractivity contribution in [1.82, 2.24) is 0 Å². The third-order valence-corrected chi connectivity index (χ3v) is 4.69. The Hall–Kier alpha value is -0.820. The molecule has 0 radical (unpaired) electrons. The van der Waals surface area contributed by atoms with E-state index in [1.165, 1.54) is 18.5 Å². The van der Waals surface area contributed by atoms with Crippen LogP contribution in [0.5, 0.6) is 11.5 Å². The zero-order chi connectivity index (χ0) is 16.5. The molecule has 5 nitrogen and oxygen atoms in total. The highest BCUT2D eigenvalue weighted by atomic mass is 79.9. The number of nitrogens with one attached hydrogen (secondary N) is 1. The molecule has 0 unspecified atom stereocenters. The number of ether oxygens (including phenoxy) is 3. The van der Waals surface area contributed by atoms with Gasteiger partial charge in [-0.3, -0.25) is 0 Å². The standard InChI is InChI=1S/C17H27BrN2O3/c1-3-23-17-15(18)11-14(12-16(17)21-2)13-19-5-4-6-20-7-9-22-10-8-20/h11-12,19H,3-10,13H2,1-2H3/p+2. The van der Waals surface area contributed by atoms with Crippen molar-refractivity contribution in [1.29, 1.82) is 0 Å². The molecule has 1 aromatic carbocycles. The van der Waals surface area contributed by atoms with Gasteiger partial charge in [0.25, 0.3) is 0 Å². The Balaban J connectivity index is 1.75. The maximum atomic E-state index is 5.63. The average Bonchev–Trinajstić information content (AvgIpc) is 2.57. The van der Waals surface area contributed by atoms with Gasteiger partial charge < -0.3 is 24.4 Å². The minimum atomic E-state index is 0.629. The summed E-state index contributed by atoms with van der Waals surface area (Å²) in [4.78, 5) is 1.68. The first-order valence-electron chi connectivity index (χ1n) is 8.46. The summed E-state index contributed by atoms with van der Waals surface area (Å²) >= 11 is 3.58. The second-order valence-corrected chi connectivity index (χ2v) is 6.64. The second-order valence-electron chi connectivity index (χ2n) is 5.79. The molecule has 0 aromatic heterocycles. The Morgan fingerprint density at radius 2 is 2.09 bits per heavy atom. The molecular formula is C17H29BrN2O3+2. The molecule has 0 atom stereocenters. The first-order valence-corrected chi connectivity index (χ1v) is 9.26. The predicted molar refractivity (Wildman–Crippen MR) is 93.4 cm³/mol. The van der Waals surface area contributed by atoms with Crippen LogP contribution in [0.3, 0.4) is 0 Å². The molecular weight excluding hydrogens is 360 g/mol. The Labute approximate surface area is 147 Å². The lowest BCUT2D eigenvalue weighted by Crippen LogP contribution is -3.14. The number of hydrogen-bond donors (Lipinski definition) is 2. The number of nitrogens with two attached hydrogens (primary N) is 1. The molecule has 1 heterocycles. The van der Waals surface area contributed by atoms with Crippen LogP contribution in [0, 0.1) is 0 Å². The summed E-state index contributed by atoms with van der Waals surface area (Å²) in [7, 11) is 1.68. The number of methoxy groups -OCH3 is 1. The van der Waals surface area contributed by atoms with Crippen molar-refractivity contribution in [3.8, 4) is 11.5 Å². The van der Waals surface area contributed by atoms with Gasteiger partial charge in [-0.1, -0.05) is 0 Å². The number of hydrogen-bond acceptors (Lipinski definition) is 3.